The van der Waals surface area contributed by atoms with E-state index in [2.05, 4.69) is 10.6 Å². The number of carbonyl (C=O) groups excluding carboxylic acids is 2. The number of rotatable bonds is 8. The number of halogens is 1. The SMILES string of the molecule is CSCCC(NC(=O)c1ccccc1Cl)C(=O)NC(C)c1ccccc1. The molecule has 6 heteroatoms. The predicted octanol–water partition coefficient (Wildman–Crippen LogP) is 4.07. The van der Waals surface area contributed by atoms with Crippen molar-refractivity contribution in [3.05, 3.63) is 70.7 Å². The summed E-state index contributed by atoms with van der Waals surface area (Å²) in [7, 11) is 0. The number of nitrogens with one attached hydrogen (secondary N) is 2. The summed E-state index contributed by atoms with van der Waals surface area (Å²) in [6.07, 6.45) is 2.52. The fourth-order valence-electron chi connectivity index (χ4n) is 2.52. The lowest BCUT2D eigenvalue weighted by Gasteiger charge is -2.21. The van der Waals surface area contributed by atoms with Crippen molar-refractivity contribution in [1.82, 2.24) is 10.6 Å². The maximum atomic E-state index is 12.7. The first-order valence-corrected chi connectivity index (χ1v) is 10.2. The highest BCUT2D eigenvalue weighted by Crippen LogP contribution is 2.16. The van der Waals surface area contributed by atoms with Crippen LogP contribution in [-0.2, 0) is 4.79 Å². The molecule has 2 atom stereocenters. The molecule has 2 aromatic rings. The number of thioether (sulfide) groups is 1. The van der Waals surface area contributed by atoms with Gasteiger partial charge in [-0.25, -0.2) is 0 Å². The molecule has 2 rings (SSSR count). The molecule has 0 aliphatic heterocycles. The van der Waals surface area contributed by atoms with Crippen molar-refractivity contribution in [2.75, 3.05) is 12.0 Å². The third-order valence-electron chi connectivity index (χ3n) is 4.01. The molecule has 0 fully saturated rings. The van der Waals surface area contributed by atoms with Crippen molar-refractivity contribution < 1.29 is 9.59 Å². The number of benzene rings is 2. The number of amides is 2. The lowest BCUT2D eigenvalue weighted by Crippen LogP contribution is -2.47. The Bertz CT molecular complexity index is 740. The molecule has 0 aliphatic rings. The topological polar surface area (TPSA) is 58.2 Å². The smallest absolute Gasteiger partial charge is 0.253 e. The minimum atomic E-state index is -0.614. The van der Waals surface area contributed by atoms with E-state index in [1.54, 1.807) is 36.0 Å². The molecule has 2 unspecified atom stereocenters. The monoisotopic (exact) mass is 390 g/mol. The van der Waals surface area contributed by atoms with Gasteiger partial charge in [0.15, 0.2) is 0 Å². The van der Waals surface area contributed by atoms with Crippen LogP contribution in [0.25, 0.3) is 0 Å². The van der Waals surface area contributed by atoms with Gasteiger partial charge < -0.3 is 10.6 Å². The van der Waals surface area contributed by atoms with E-state index in [-0.39, 0.29) is 17.9 Å². The Morgan fingerprint density at radius 1 is 1.04 bits per heavy atom. The van der Waals surface area contributed by atoms with Crippen LogP contribution in [0.15, 0.2) is 54.6 Å². The molecule has 4 nitrogen and oxygen atoms in total. The maximum Gasteiger partial charge on any atom is 0.253 e. The van der Waals surface area contributed by atoms with Gasteiger partial charge in [-0.1, -0.05) is 54.1 Å². The summed E-state index contributed by atoms with van der Waals surface area (Å²) < 4.78 is 0. The third-order valence-corrected chi connectivity index (χ3v) is 4.98. The van der Waals surface area contributed by atoms with Gasteiger partial charge in [-0.3, -0.25) is 9.59 Å². The summed E-state index contributed by atoms with van der Waals surface area (Å²) in [5.74, 6) is 0.223. The highest BCUT2D eigenvalue weighted by atomic mass is 35.5. The first kappa shape index (κ1) is 20.3. The van der Waals surface area contributed by atoms with Gasteiger partial charge in [0.25, 0.3) is 5.91 Å². The van der Waals surface area contributed by atoms with Crippen LogP contribution < -0.4 is 10.6 Å². The first-order chi connectivity index (χ1) is 12.5. The van der Waals surface area contributed by atoms with Gasteiger partial charge >= 0.3 is 0 Å². The molecule has 0 bridgehead atoms. The number of hydrogen-bond acceptors (Lipinski definition) is 3. The van der Waals surface area contributed by atoms with Gasteiger partial charge in [-0.05, 0) is 43.0 Å². The van der Waals surface area contributed by atoms with Gasteiger partial charge in [-0.2, -0.15) is 11.8 Å². The zero-order chi connectivity index (χ0) is 18.9. The minimum Gasteiger partial charge on any atom is -0.348 e. The molecule has 0 heterocycles. The van der Waals surface area contributed by atoms with E-state index in [1.807, 2.05) is 43.5 Å². The van der Waals surface area contributed by atoms with Crippen LogP contribution in [0.1, 0.15) is 35.3 Å². The lowest BCUT2D eigenvalue weighted by molar-refractivity contribution is -0.123. The van der Waals surface area contributed by atoms with Gasteiger partial charge in [0.1, 0.15) is 6.04 Å². The van der Waals surface area contributed by atoms with Crippen molar-refractivity contribution in [3.8, 4) is 0 Å². The number of hydrogen-bond donors (Lipinski definition) is 2. The van der Waals surface area contributed by atoms with Crippen LogP contribution in [0, 0.1) is 0 Å². The van der Waals surface area contributed by atoms with Crippen LogP contribution in [0.4, 0.5) is 0 Å². The molecular weight excluding hydrogens is 368 g/mol. The second-order valence-electron chi connectivity index (χ2n) is 5.93. The van der Waals surface area contributed by atoms with Gasteiger partial charge in [0, 0.05) is 0 Å². The standard InChI is InChI=1S/C20H23ClN2O2S/c1-14(15-8-4-3-5-9-15)22-20(25)18(12-13-26-2)23-19(24)16-10-6-7-11-17(16)21/h3-11,14,18H,12-13H2,1-2H3,(H,22,25)(H,23,24). The van der Waals surface area contributed by atoms with Crippen LogP contribution in [0.5, 0.6) is 0 Å². The van der Waals surface area contributed by atoms with Gasteiger partial charge in [0.2, 0.25) is 5.91 Å². The average molecular weight is 391 g/mol. The molecule has 138 valence electrons. The quantitative estimate of drug-likeness (QED) is 0.714. The van der Waals surface area contributed by atoms with Crippen LogP contribution in [0.2, 0.25) is 5.02 Å². The Labute approximate surface area is 163 Å². The van der Waals surface area contributed by atoms with E-state index >= 15 is 0 Å². The Morgan fingerprint density at radius 2 is 1.69 bits per heavy atom. The van der Waals surface area contributed by atoms with Crippen LogP contribution in [0.3, 0.4) is 0 Å². The van der Waals surface area contributed by atoms with Gasteiger partial charge in [0.05, 0.1) is 16.6 Å². The first-order valence-electron chi connectivity index (χ1n) is 8.42. The van der Waals surface area contributed by atoms with E-state index in [1.165, 1.54) is 0 Å². The summed E-state index contributed by atoms with van der Waals surface area (Å²) in [5, 5.41) is 6.16. The highest BCUT2D eigenvalue weighted by Gasteiger charge is 2.23. The molecule has 2 N–H and O–H groups in total. The van der Waals surface area contributed by atoms with E-state index in [4.69, 9.17) is 11.6 Å². The molecular formula is C20H23ClN2O2S. The molecule has 26 heavy (non-hydrogen) atoms. The molecule has 2 aromatic carbocycles. The average Bonchev–Trinajstić information content (AvgIpc) is 2.65. The summed E-state index contributed by atoms with van der Waals surface area (Å²) in [5.41, 5.74) is 1.38. The largest absolute Gasteiger partial charge is 0.348 e. The summed E-state index contributed by atoms with van der Waals surface area (Å²) in [6.45, 7) is 1.93. The number of carbonyl (C=O) groups is 2. The normalized spacial score (nSPS) is 12.9. The molecule has 0 saturated carbocycles. The van der Waals surface area contributed by atoms with E-state index in [0.29, 0.717) is 17.0 Å². The Balaban J connectivity index is 2.07. The summed E-state index contributed by atoms with van der Waals surface area (Å²) >= 11 is 7.72. The van der Waals surface area contributed by atoms with Crippen LogP contribution >= 0.6 is 23.4 Å². The van der Waals surface area contributed by atoms with Crippen molar-refractivity contribution in [1.29, 1.82) is 0 Å². The summed E-state index contributed by atoms with van der Waals surface area (Å²) in [4.78, 5) is 25.2. The second kappa shape index (κ2) is 10.2. The fraction of sp³-hybridized carbons (Fsp3) is 0.300. The fourth-order valence-corrected chi connectivity index (χ4v) is 3.22. The second-order valence-corrected chi connectivity index (χ2v) is 7.32. The molecule has 0 aromatic heterocycles. The Hall–Kier alpha value is -1.98. The molecule has 0 saturated heterocycles. The molecule has 0 aliphatic carbocycles. The zero-order valence-corrected chi connectivity index (χ0v) is 16.4. The Morgan fingerprint density at radius 3 is 2.35 bits per heavy atom. The van der Waals surface area contributed by atoms with Crippen molar-refractivity contribution >= 4 is 35.2 Å². The van der Waals surface area contributed by atoms with E-state index in [9.17, 15) is 9.59 Å². The van der Waals surface area contributed by atoms with Crippen molar-refractivity contribution in [2.45, 2.75) is 25.4 Å². The molecule has 0 radical (unpaired) electrons. The predicted molar refractivity (Wildman–Crippen MR) is 109 cm³/mol. The third kappa shape index (κ3) is 5.78. The molecule has 0 spiro atoms. The van der Waals surface area contributed by atoms with Crippen molar-refractivity contribution in [3.63, 3.8) is 0 Å². The molecule has 2 amide bonds. The highest BCUT2D eigenvalue weighted by molar-refractivity contribution is 7.98. The minimum absolute atomic E-state index is 0.141. The van der Waals surface area contributed by atoms with E-state index in [0.717, 1.165) is 11.3 Å². The van der Waals surface area contributed by atoms with Gasteiger partial charge in [-0.15, -0.1) is 0 Å². The Kier molecular flexibility index (Phi) is 8.01. The maximum absolute atomic E-state index is 12.7. The summed E-state index contributed by atoms with van der Waals surface area (Å²) in [6, 6.07) is 15.8. The van der Waals surface area contributed by atoms with E-state index < -0.39 is 6.04 Å². The van der Waals surface area contributed by atoms with Crippen LogP contribution in [-0.4, -0.2) is 29.9 Å². The lowest BCUT2D eigenvalue weighted by atomic mass is 10.1. The zero-order valence-electron chi connectivity index (χ0n) is 14.9. The van der Waals surface area contributed by atoms with Crippen molar-refractivity contribution in [2.24, 2.45) is 0 Å².